The maximum absolute atomic E-state index is 12.4. The van der Waals surface area contributed by atoms with E-state index in [0.717, 1.165) is 11.8 Å². The molecule has 1 unspecified atom stereocenters. The van der Waals surface area contributed by atoms with Crippen LogP contribution >= 0.6 is 0 Å². The number of ether oxygens (including phenoxy) is 1. The molecule has 1 amide bonds. The molecule has 1 heterocycles. The van der Waals surface area contributed by atoms with Crippen molar-refractivity contribution in [3.63, 3.8) is 0 Å². The van der Waals surface area contributed by atoms with Crippen LogP contribution in [0.3, 0.4) is 0 Å². The molecule has 3 aromatic rings. The van der Waals surface area contributed by atoms with Gasteiger partial charge in [-0.1, -0.05) is 36.4 Å². The van der Waals surface area contributed by atoms with Crippen LogP contribution in [0.4, 0.5) is 11.4 Å². The Morgan fingerprint density at radius 2 is 1.72 bits per heavy atom. The number of carbonyl (C=O) groups is 1. The molecule has 1 aromatic heterocycles. The number of nitrogens with one attached hydrogen (secondary N) is 2. The summed E-state index contributed by atoms with van der Waals surface area (Å²) in [6.45, 7) is 1.93. The van der Waals surface area contributed by atoms with Gasteiger partial charge in [-0.05, 0) is 36.8 Å². The summed E-state index contributed by atoms with van der Waals surface area (Å²) in [7, 11) is -3.40. The number of sulfonamides is 1. The molecular weight excluding hydrogens is 390 g/mol. The lowest BCUT2D eigenvalue weighted by Crippen LogP contribution is -2.13. The molecule has 8 heteroatoms. The van der Waals surface area contributed by atoms with Crippen molar-refractivity contribution in [2.45, 2.75) is 13.0 Å². The number of hydrogen-bond acceptors (Lipinski definition) is 5. The van der Waals surface area contributed by atoms with Gasteiger partial charge in [-0.25, -0.2) is 13.4 Å². The number of aromatic nitrogens is 1. The Morgan fingerprint density at radius 3 is 2.38 bits per heavy atom. The molecule has 0 fully saturated rings. The molecule has 29 heavy (non-hydrogen) atoms. The van der Waals surface area contributed by atoms with Crippen molar-refractivity contribution in [1.29, 1.82) is 0 Å². The standard InChI is InChI=1S/C21H21N3O4S/c1-15(16-7-4-3-5-8-16)28-20-12-11-17(14-22-20)21(25)23-18-9-6-10-19(13-18)24-29(2,26)27/h3-15,24H,1-2H3,(H,23,25). The topological polar surface area (TPSA) is 97.4 Å². The SMILES string of the molecule is CC(Oc1ccc(C(=O)Nc2cccc(NS(C)(=O)=O)c2)cn1)c1ccccc1. The van der Waals surface area contributed by atoms with E-state index in [0.29, 0.717) is 22.8 Å². The minimum atomic E-state index is -3.40. The zero-order valence-electron chi connectivity index (χ0n) is 16.0. The molecule has 2 aromatic carbocycles. The Labute approximate surface area is 169 Å². The summed E-state index contributed by atoms with van der Waals surface area (Å²) in [6, 6.07) is 19.5. The number of rotatable bonds is 7. The molecule has 0 aliphatic heterocycles. The molecule has 0 spiro atoms. The van der Waals surface area contributed by atoms with E-state index >= 15 is 0 Å². The van der Waals surface area contributed by atoms with Gasteiger partial charge in [0.05, 0.1) is 17.5 Å². The normalized spacial score (nSPS) is 12.1. The van der Waals surface area contributed by atoms with Gasteiger partial charge < -0.3 is 10.1 Å². The lowest BCUT2D eigenvalue weighted by Gasteiger charge is -2.14. The van der Waals surface area contributed by atoms with Gasteiger partial charge in [-0.3, -0.25) is 9.52 Å². The van der Waals surface area contributed by atoms with Gasteiger partial charge in [-0.15, -0.1) is 0 Å². The lowest BCUT2D eigenvalue weighted by molar-refractivity contribution is 0.102. The van der Waals surface area contributed by atoms with Crippen molar-refractivity contribution in [3.8, 4) is 5.88 Å². The zero-order valence-corrected chi connectivity index (χ0v) is 16.8. The van der Waals surface area contributed by atoms with Crippen LogP contribution < -0.4 is 14.8 Å². The minimum Gasteiger partial charge on any atom is -0.470 e. The highest BCUT2D eigenvalue weighted by Gasteiger charge is 2.11. The van der Waals surface area contributed by atoms with Crippen LogP contribution in [-0.4, -0.2) is 25.6 Å². The number of hydrogen-bond donors (Lipinski definition) is 2. The fourth-order valence-corrected chi connectivity index (χ4v) is 3.19. The average molecular weight is 411 g/mol. The highest BCUT2D eigenvalue weighted by molar-refractivity contribution is 7.92. The predicted octanol–water partition coefficient (Wildman–Crippen LogP) is 3.85. The van der Waals surface area contributed by atoms with E-state index in [9.17, 15) is 13.2 Å². The average Bonchev–Trinajstić information content (AvgIpc) is 2.68. The van der Waals surface area contributed by atoms with Crippen LogP contribution in [0, 0.1) is 0 Å². The summed E-state index contributed by atoms with van der Waals surface area (Å²) >= 11 is 0. The fraction of sp³-hybridized carbons (Fsp3) is 0.143. The second-order valence-corrected chi connectivity index (χ2v) is 8.21. The van der Waals surface area contributed by atoms with E-state index in [2.05, 4.69) is 15.0 Å². The lowest BCUT2D eigenvalue weighted by atomic mass is 10.1. The van der Waals surface area contributed by atoms with Crippen molar-refractivity contribution in [2.24, 2.45) is 0 Å². The van der Waals surface area contributed by atoms with E-state index in [1.54, 1.807) is 30.3 Å². The number of pyridine rings is 1. The Morgan fingerprint density at radius 1 is 1.00 bits per heavy atom. The van der Waals surface area contributed by atoms with E-state index in [4.69, 9.17) is 4.74 Å². The van der Waals surface area contributed by atoms with Gasteiger partial charge in [0.1, 0.15) is 6.10 Å². The van der Waals surface area contributed by atoms with Gasteiger partial charge in [-0.2, -0.15) is 0 Å². The Hall–Kier alpha value is -3.39. The number of nitrogens with zero attached hydrogens (tertiary/aromatic N) is 1. The second kappa shape index (κ2) is 8.74. The van der Waals surface area contributed by atoms with Crippen molar-refractivity contribution in [1.82, 2.24) is 4.98 Å². The number of carbonyl (C=O) groups excluding carboxylic acids is 1. The summed E-state index contributed by atoms with van der Waals surface area (Å²) in [5.41, 5.74) is 2.20. The molecule has 0 saturated carbocycles. The predicted molar refractivity (Wildman–Crippen MR) is 113 cm³/mol. The first-order chi connectivity index (χ1) is 13.8. The molecular formula is C21H21N3O4S. The van der Waals surface area contributed by atoms with Gasteiger partial charge in [0, 0.05) is 18.0 Å². The molecule has 150 valence electrons. The van der Waals surface area contributed by atoms with Crippen LogP contribution in [0.5, 0.6) is 5.88 Å². The first-order valence-electron chi connectivity index (χ1n) is 8.87. The Balaban J connectivity index is 1.64. The van der Waals surface area contributed by atoms with Crippen LogP contribution in [-0.2, 0) is 10.0 Å². The van der Waals surface area contributed by atoms with Crippen molar-refractivity contribution < 1.29 is 17.9 Å². The summed E-state index contributed by atoms with van der Waals surface area (Å²) < 4.78 is 30.8. The van der Waals surface area contributed by atoms with E-state index in [-0.39, 0.29) is 12.0 Å². The van der Waals surface area contributed by atoms with Gasteiger partial charge >= 0.3 is 0 Å². The third-order valence-electron chi connectivity index (χ3n) is 3.99. The quantitative estimate of drug-likeness (QED) is 0.616. The molecule has 3 rings (SSSR count). The summed E-state index contributed by atoms with van der Waals surface area (Å²) in [6.07, 6.45) is 2.32. The highest BCUT2D eigenvalue weighted by Crippen LogP contribution is 2.21. The van der Waals surface area contributed by atoms with Crippen molar-refractivity contribution in [2.75, 3.05) is 16.3 Å². The maximum Gasteiger partial charge on any atom is 0.257 e. The second-order valence-electron chi connectivity index (χ2n) is 6.47. The van der Waals surface area contributed by atoms with Crippen molar-refractivity contribution >= 4 is 27.3 Å². The van der Waals surface area contributed by atoms with Gasteiger partial charge in [0.2, 0.25) is 15.9 Å². The van der Waals surface area contributed by atoms with Crippen molar-refractivity contribution in [3.05, 3.63) is 84.1 Å². The zero-order chi connectivity index (χ0) is 20.9. The smallest absolute Gasteiger partial charge is 0.257 e. The monoisotopic (exact) mass is 411 g/mol. The highest BCUT2D eigenvalue weighted by atomic mass is 32.2. The molecule has 0 saturated heterocycles. The summed E-state index contributed by atoms with van der Waals surface area (Å²) in [5, 5.41) is 2.72. The molecule has 0 bridgehead atoms. The molecule has 0 aliphatic carbocycles. The molecule has 7 nitrogen and oxygen atoms in total. The van der Waals surface area contributed by atoms with Crippen LogP contribution in [0.2, 0.25) is 0 Å². The van der Waals surface area contributed by atoms with Crippen LogP contribution in [0.25, 0.3) is 0 Å². The number of anilines is 2. The first kappa shape index (κ1) is 20.3. The van der Waals surface area contributed by atoms with E-state index in [1.807, 2.05) is 37.3 Å². The third kappa shape index (κ3) is 6.05. The number of benzene rings is 2. The Kier molecular flexibility index (Phi) is 6.13. The molecule has 2 N–H and O–H groups in total. The molecule has 0 aliphatic rings. The fourth-order valence-electron chi connectivity index (χ4n) is 2.64. The van der Waals surface area contributed by atoms with Gasteiger partial charge in [0.25, 0.3) is 5.91 Å². The third-order valence-corrected chi connectivity index (χ3v) is 4.60. The number of amides is 1. The van der Waals surface area contributed by atoms with Crippen LogP contribution in [0.1, 0.15) is 28.9 Å². The summed E-state index contributed by atoms with van der Waals surface area (Å²) in [5.74, 6) is 0.0499. The molecule has 1 atom stereocenters. The van der Waals surface area contributed by atoms with Crippen LogP contribution in [0.15, 0.2) is 72.9 Å². The Bertz CT molecular complexity index is 1080. The largest absolute Gasteiger partial charge is 0.470 e. The van der Waals surface area contributed by atoms with Gasteiger partial charge in [0.15, 0.2) is 0 Å². The van der Waals surface area contributed by atoms with E-state index in [1.165, 1.54) is 12.3 Å². The molecule has 0 radical (unpaired) electrons. The maximum atomic E-state index is 12.4. The first-order valence-corrected chi connectivity index (χ1v) is 10.8. The van der Waals surface area contributed by atoms with E-state index < -0.39 is 10.0 Å². The summed E-state index contributed by atoms with van der Waals surface area (Å²) in [4.78, 5) is 16.6. The minimum absolute atomic E-state index is 0.173.